The Kier molecular flexibility index (Phi) is 5.14. The van der Waals surface area contributed by atoms with Crippen LogP contribution in [0.3, 0.4) is 0 Å². The van der Waals surface area contributed by atoms with Gasteiger partial charge in [0, 0.05) is 49.2 Å². The van der Waals surface area contributed by atoms with E-state index < -0.39 is 6.16 Å². The Morgan fingerprint density at radius 2 is 1.80 bits per heavy atom. The Labute approximate surface area is 176 Å². The van der Waals surface area contributed by atoms with Crippen molar-refractivity contribution < 1.29 is 24.2 Å². The summed E-state index contributed by atoms with van der Waals surface area (Å²) in [6.45, 7) is 13.1. The molecule has 7 nitrogen and oxygen atoms in total. The molecule has 0 atom stereocenters. The van der Waals surface area contributed by atoms with Crippen LogP contribution in [0.25, 0.3) is 10.9 Å². The number of carbonyl (C=O) groups excluding carboxylic acids is 1. The van der Waals surface area contributed by atoms with Crippen LogP contribution in [0.15, 0.2) is 24.4 Å². The fraction of sp³-hybridized carbons (Fsp3) is 0.565. The molecule has 2 fully saturated rings. The molecule has 7 heteroatoms. The molecular weight excluding hydrogens is 384 g/mol. The van der Waals surface area contributed by atoms with Gasteiger partial charge in [0.2, 0.25) is 0 Å². The molecule has 1 aliphatic heterocycles. The number of carboxylic acid groups (broad SMARTS) is 1. The smallest absolute Gasteiger partial charge is 0.449 e. The van der Waals surface area contributed by atoms with Crippen LogP contribution < -0.4 is 4.74 Å². The van der Waals surface area contributed by atoms with Gasteiger partial charge in [-0.2, -0.15) is 0 Å². The quantitative estimate of drug-likeness (QED) is 0.439. The Balaban J connectivity index is 1.72. The van der Waals surface area contributed by atoms with Gasteiger partial charge in [-0.25, -0.2) is 4.79 Å². The van der Waals surface area contributed by atoms with Gasteiger partial charge >= 0.3 is 6.16 Å². The molecular formula is C23H30N2O5. The average Bonchev–Trinajstić information content (AvgIpc) is 2.96. The van der Waals surface area contributed by atoms with Crippen molar-refractivity contribution in [1.82, 2.24) is 9.47 Å². The minimum atomic E-state index is -1.36. The van der Waals surface area contributed by atoms with E-state index in [-0.39, 0.29) is 28.3 Å². The number of hydrogen-bond acceptors (Lipinski definition) is 5. The van der Waals surface area contributed by atoms with Crippen molar-refractivity contribution in [3.8, 4) is 5.75 Å². The molecule has 0 radical (unpaired) electrons. The van der Waals surface area contributed by atoms with Crippen molar-refractivity contribution >= 4 is 22.8 Å². The fourth-order valence-electron chi connectivity index (χ4n) is 4.96. The molecule has 1 aromatic heterocycles. The molecule has 162 valence electrons. The summed E-state index contributed by atoms with van der Waals surface area (Å²) in [6.07, 6.45) is 0.521. The largest absolute Gasteiger partial charge is 0.511 e. The summed E-state index contributed by atoms with van der Waals surface area (Å²) < 4.78 is 12.4. The number of carbonyl (C=O) groups is 2. The van der Waals surface area contributed by atoms with Gasteiger partial charge in [-0.3, -0.25) is 9.69 Å². The zero-order chi connectivity index (χ0) is 21.7. The van der Waals surface area contributed by atoms with Crippen LogP contribution >= 0.6 is 0 Å². The van der Waals surface area contributed by atoms with Crippen LogP contribution in [0.1, 0.15) is 38.1 Å². The highest BCUT2D eigenvalue weighted by atomic mass is 16.7. The van der Waals surface area contributed by atoms with Gasteiger partial charge in [-0.15, -0.1) is 0 Å². The lowest BCUT2D eigenvalue weighted by molar-refractivity contribution is 0.0365. The molecule has 1 saturated carbocycles. The number of ketones is 1. The van der Waals surface area contributed by atoms with Crippen LogP contribution in [0.2, 0.25) is 0 Å². The van der Waals surface area contributed by atoms with Crippen molar-refractivity contribution in [2.75, 3.05) is 32.8 Å². The topological polar surface area (TPSA) is 81.0 Å². The highest BCUT2D eigenvalue weighted by molar-refractivity contribution is 6.12. The highest BCUT2D eigenvalue weighted by Crippen LogP contribution is 2.69. The molecule has 2 heterocycles. The predicted molar refractivity (Wildman–Crippen MR) is 113 cm³/mol. The van der Waals surface area contributed by atoms with E-state index in [1.165, 1.54) is 0 Å². The Bertz CT molecular complexity index is 971. The van der Waals surface area contributed by atoms with Gasteiger partial charge in [0.1, 0.15) is 0 Å². The van der Waals surface area contributed by atoms with E-state index in [1.807, 2.05) is 16.8 Å². The van der Waals surface area contributed by atoms with E-state index in [4.69, 9.17) is 9.47 Å². The van der Waals surface area contributed by atoms with Crippen molar-refractivity contribution in [1.29, 1.82) is 0 Å². The van der Waals surface area contributed by atoms with Crippen molar-refractivity contribution in [3.63, 3.8) is 0 Å². The average molecular weight is 415 g/mol. The number of para-hydroxylation sites is 1. The molecule has 2 aliphatic rings. The molecule has 0 spiro atoms. The van der Waals surface area contributed by atoms with Gasteiger partial charge < -0.3 is 19.1 Å². The van der Waals surface area contributed by atoms with Crippen LogP contribution in [0, 0.1) is 16.7 Å². The van der Waals surface area contributed by atoms with E-state index in [9.17, 15) is 14.7 Å². The van der Waals surface area contributed by atoms with Crippen molar-refractivity contribution in [3.05, 3.63) is 30.0 Å². The summed E-state index contributed by atoms with van der Waals surface area (Å²) in [5, 5.41) is 9.93. The molecule has 4 rings (SSSR count). The van der Waals surface area contributed by atoms with E-state index in [0.29, 0.717) is 17.6 Å². The van der Waals surface area contributed by atoms with E-state index in [2.05, 4.69) is 32.6 Å². The van der Waals surface area contributed by atoms with Crippen molar-refractivity contribution in [2.45, 2.75) is 34.2 Å². The lowest BCUT2D eigenvalue weighted by atomic mass is 10.0. The van der Waals surface area contributed by atoms with Gasteiger partial charge in [0.05, 0.1) is 18.7 Å². The normalized spacial score (nSPS) is 20.9. The predicted octanol–water partition coefficient (Wildman–Crippen LogP) is 3.90. The highest BCUT2D eigenvalue weighted by Gasteiger charge is 2.68. The molecule has 2 aromatic rings. The number of rotatable bonds is 6. The Morgan fingerprint density at radius 3 is 2.40 bits per heavy atom. The standard InChI is InChI=1S/C23H30N2O5/c1-22(2)20(23(22,3)4)19(26)16-14-25(9-8-24-10-12-29-13-11-24)18-15(16)6-5-7-17(18)30-21(27)28/h5-7,14,20H,8-13H2,1-4H3,(H,27,28). The second-order valence-corrected chi connectivity index (χ2v) is 9.45. The maximum absolute atomic E-state index is 13.5. The van der Waals surface area contributed by atoms with Crippen LogP contribution in [-0.2, 0) is 11.3 Å². The number of fused-ring (bicyclic) bond motifs is 1. The summed E-state index contributed by atoms with van der Waals surface area (Å²) in [7, 11) is 0. The lowest BCUT2D eigenvalue weighted by Gasteiger charge is -2.26. The van der Waals surface area contributed by atoms with Crippen molar-refractivity contribution in [2.24, 2.45) is 16.7 Å². The number of nitrogens with zero attached hydrogens (tertiary/aromatic N) is 2. The first kappa shape index (κ1) is 20.9. The first-order chi connectivity index (χ1) is 14.1. The van der Waals surface area contributed by atoms with Gasteiger partial charge in [0.25, 0.3) is 0 Å². The molecule has 1 aromatic carbocycles. The van der Waals surface area contributed by atoms with E-state index >= 15 is 0 Å². The number of ether oxygens (including phenoxy) is 2. The second-order valence-electron chi connectivity index (χ2n) is 9.45. The summed E-state index contributed by atoms with van der Waals surface area (Å²) in [5.41, 5.74) is 1.17. The summed E-state index contributed by atoms with van der Waals surface area (Å²) >= 11 is 0. The summed E-state index contributed by atoms with van der Waals surface area (Å²) in [5.74, 6) is 0.315. The number of morpholine rings is 1. The third-order valence-corrected chi connectivity index (χ3v) is 7.37. The maximum Gasteiger partial charge on any atom is 0.511 e. The molecule has 0 amide bonds. The number of Topliss-reactive ketones (excluding diaryl/α,β-unsaturated/α-hetero) is 1. The zero-order valence-electron chi connectivity index (χ0n) is 18.1. The Hall–Kier alpha value is -2.38. The minimum absolute atomic E-state index is 0.0626. The van der Waals surface area contributed by atoms with Crippen LogP contribution in [-0.4, -0.2) is 59.4 Å². The number of benzene rings is 1. The number of aromatic nitrogens is 1. The van der Waals surface area contributed by atoms with Crippen LogP contribution in [0.5, 0.6) is 5.75 Å². The van der Waals surface area contributed by atoms with Crippen LogP contribution in [0.4, 0.5) is 4.79 Å². The molecule has 1 aliphatic carbocycles. The zero-order valence-corrected chi connectivity index (χ0v) is 18.1. The third-order valence-electron chi connectivity index (χ3n) is 7.37. The third kappa shape index (κ3) is 3.40. The Morgan fingerprint density at radius 1 is 1.13 bits per heavy atom. The van der Waals surface area contributed by atoms with E-state index in [1.54, 1.807) is 12.1 Å². The second kappa shape index (κ2) is 7.39. The lowest BCUT2D eigenvalue weighted by Crippen LogP contribution is -2.38. The first-order valence-corrected chi connectivity index (χ1v) is 10.5. The maximum atomic E-state index is 13.5. The van der Waals surface area contributed by atoms with Gasteiger partial charge in [0.15, 0.2) is 11.5 Å². The first-order valence-electron chi connectivity index (χ1n) is 10.5. The minimum Gasteiger partial charge on any atom is -0.449 e. The number of hydrogen-bond donors (Lipinski definition) is 1. The molecule has 1 N–H and O–H groups in total. The monoisotopic (exact) mass is 414 g/mol. The molecule has 30 heavy (non-hydrogen) atoms. The fourth-order valence-corrected chi connectivity index (χ4v) is 4.96. The molecule has 0 bridgehead atoms. The molecule has 1 saturated heterocycles. The summed E-state index contributed by atoms with van der Waals surface area (Å²) in [6, 6.07) is 5.26. The van der Waals surface area contributed by atoms with E-state index in [0.717, 1.165) is 38.2 Å². The molecule has 0 unspecified atom stereocenters. The van der Waals surface area contributed by atoms with Gasteiger partial charge in [-0.05, 0) is 16.9 Å². The van der Waals surface area contributed by atoms with Gasteiger partial charge in [-0.1, -0.05) is 39.8 Å². The SMILES string of the molecule is CC1(C)C(C(=O)c2cn(CCN3CCOCC3)c3c(OC(=O)O)cccc23)C1(C)C. The summed E-state index contributed by atoms with van der Waals surface area (Å²) in [4.78, 5) is 27.1.